The van der Waals surface area contributed by atoms with E-state index in [0.717, 1.165) is 10.9 Å². The predicted octanol–water partition coefficient (Wildman–Crippen LogP) is -4.64. The number of aromatic nitrogens is 4. The SMILES string of the molecule is Nc1nc(P(=O)(O)O)nc2c1ncn2[C@@H]1O[C@H](COP(=O)(O[C@@H](C=O)[C@H](O)[C@H](O)CO)OP(=O)(O)O)[C@@H](O)[C@H]1O. The molecule has 8 atom stereocenters. The first-order chi connectivity index (χ1) is 18.4. The van der Waals surface area contributed by atoms with Crippen molar-refractivity contribution in [2.24, 2.45) is 0 Å². The molecule has 11 N–H and O–H groups in total. The van der Waals surface area contributed by atoms with Gasteiger partial charge in [0, 0.05) is 0 Å². The van der Waals surface area contributed by atoms with Crippen LogP contribution in [0.1, 0.15) is 6.23 Å². The van der Waals surface area contributed by atoms with Crippen molar-refractivity contribution in [2.75, 3.05) is 18.9 Å². The summed E-state index contributed by atoms with van der Waals surface area (Å²) in [6.07, 6.45) is -12.9. The Balaban J connectivity index is 1.85. The Hall–Kier alpha value is -1.81. The molecule has 0 spiro atoms. The van der Waals surface area contributed by atoms with Crippen LogP contribution in [0.25, 0.3) is 11.2 Å². The number of phosphoric ester groups is 1. The Kier molecular flexibility index (Phi) is 9.97. The number of fused-ring (bicyclic) bond motifs is 1. The van der Waals surface area contributed by atoms with Gasteiger partial charge in [0.05, 0.1) is 19.5 Å². The van der Waals surface area contributed by atoms with E-state index in [0.29, 0.717) is 0 Å². The molecule has 25 heteroatoms. The van der Waals surface area contributed by atoms with E-state index in [1.807, 2.05) is 0 Å². The minimum absolute atomic E-state index is 0.168. The monoisotopic (exact) mass is 639 g/mol. The minimum Gasteiger partial charge on any atom is -0.394 e. The Morgan fingerprint density at radius 1 is 1.12 bits per heavy atom. The number of nitrogens with zero attached hydrogens (tertiary/aromatic N) is 4. The quantitative estimate of drug-likeness (QED) is 0.0727. The van der Waals surface area contributed by atoms with Crippen LogP contribution in [0.5, 0.6) is 0 Å². The molecule has 0 radical (unpaired) electrons. The average molecular weight is 639 g/mol. The number of aliphatic hydroxyl groups excluding tert-OH is 5. The topological polar surface area (TPSA) is 357 Å². The van der Waals surface area contributed by atoms with Gasteiger partial charge in [0.1, 0.15) is 36.0 Å². The fourth-order valence-electron chi connectivity index (χ4n) is 3.35. The molecule has 2 aromatic heterocycles. The lowest BCUT2D eigenvalue weighted by Gasteiger charge is -2.26. The van der Waals surface area contributed by atoms with Crippen molar-refractivity contribution in [1.82, 2.24) is 19.5 Å². The van der Waals surface area contributed by atoms with Crippen LogP contribution in [0.2, 0.25) is 0 Å². The van der Waals surface area contributed by atoms with Crippen LogP contribution in [0, 0.1) is 0 Å². The molecule has 1 unspecified atom stereocenters. The third-order valence-corrected chi connectivity index (χ3v) is 8.55. The zero-order valence-corrected chi connectivity index (χ0v) is 22.3. The molecule has 0 amide bonds. The lowest BCUT2D eigenvalue weighted by Crippen LogP contribution is -2.41. The number of phosphoric acid groups is 2. The van der Waals surface area contributed by atoms with E-state index in [1.54, 1.807) is 0 Å². The lowest BCUT2D eigenvalue weighted by molar-refractivity contribution is -0.127. The zero-order chi connectivity index (χ0) is 30.2. The maximum atomic E-state index is 12.9. The standard InChI is InChI=1S/C15H24N5O17P3/c16-12-8-13(19-15(18-12)38(27,28)29)20(4-17-8)14-11(26)10(25)7(35-14)3-34-40(33,37-39(30,31)32)36-6(2-22)9(24)5(23)1-21/h2,4-7,9-11,14,21,23-26H,1,3H2,(H2,16,18,19)(H2,27,28,29)(H2,30,31,32)/t5-,6+,7-,9-,10-,11-,14-,40?/m1/s1. The van der Waals surface area contributed by atoms with E-state index in [2.05, 4.69) is 23.8 Å². The summed E-state index contributed by atoms with van der Waals surface area (Å²) < 4.78 is 55.6. The van der Waals surface area contributed by atoms with Gasteiger partial charge in [-0.25, -0.2) is 24.1 Å². The van der Waals surface area contributed by atoms with Crippen molar-refractivity contribution < 1.29 is 81.7 Å². The Morgan fingerprint density at radius 3 is 2.33 bits per heavy atom. The molecule has 40 heavy (non-hydrogen) atoms. The molecule has 1 aliphatic rings. The van der Waals surface area contributed by atoms with Crippen LogP contribution in [-0.4, -0.2) is 121 Å². The normalized spacial score (nSPS) is 25.9. The van der Waals surface area contributed by atoms with Crippen LogP contribution >= 0.6 is 23.2 Å². The molecule has 0 saturated carbocycles. The van der Waals surface area contributed by atoms with Gasteiger partial charge in [-0.15, -0.1) is 0 Å². The third-order valence-electron chi connectivity index (χ3n) is 5.21. The zero-order valence-electron chi connectivity index (χ0n) is 19.6. The number of hydrogen-bond donors (Lipinski definition) is 10. The maximum Gasteiger partial charge on any atom is 0.484 e. The third kappa shape index (κ3) is 7.33. The highest BCUT2D eigenvalue weighted by molar-refractivity contribution is 7.61. The fourth-order valence-corrected chi connectivity index (χ4v) is 6.06. The van der Waals surface area contributed by atoms with Gasteiger partial charge >= 0.3 is 23.2 Å². The van der Waals surface area contributed by atoms with Crippen LogP contribution < -0.4 is 11.3 Å². The summed E-state index contributed by atoms with van der Waals surface area (Å²) in [7, 11) is -16.2. The Bertz CT molecular complexity index is 1360. The molecule has 1 aliphatic heterocycles. The predicted molar refractivity (Wildman–Crippen MR) is 124 cm³/mol. The lowest BCUT2D eigenvalue weighted by atomic mass is 10.1. The molecular weight excluding hydrogens is 615 g/mol. The number of hydrogen-bond acceptors (Lipinski definition) is 17. The summed E-state index contributed by atoms with van der Waals surface area (Å²) in [6.45, 7) is -2.22. The molecule has 22 nitrogen and oxygen atoms in total. The highest BCUT2D eigenvalue weighted by Gasteiger charge is 2.48. The van der Waals surface area contributed by atoms with Gasteiger partial charge in [-0.1, -0.05) is 0 Å². The highest BCUT2D eigenvalue weighted by atomic mass is 31.3. The van der Waals surface area contributed by atoms with Crippen molar-refractivity contribution in [3.05, 3.63) is 6.33 Å². The van der Waals surface area contributed by atoms with Gasteiger partial charge in [-0.2, -0.15) is 4.31 Å². The molecule has 0 aromatic carbocycles. The summed E-state index contributed by atoms with van der Waals surface area (Å²) in [5.41, 5.74) is 4.17. The number of carbonyl (C=O) groups excluding carboxylic acids is 1. The van der Waals surface area contributed by atoms with Gasteiger partial charge in [0.15, 0.2) is 30.1 Å². The molecule has 1 fully saturated rings. The number of ether oxygens (including phenoxy) is 1. The largest absolute Gasteiger partial charge is 0.484 e. The smallest absolute Gasteiger partial charge is 0.394 e. The first kappa shape index (κ1) is 32.7. The van der Waals surface area contributed by atoms with Crippen LogP contribution in [0.3, 0.4) is 0 Å². The van der Waals surface area contributed by atoms with E-state index >= 15 is 0 Å². The summed E-state index contributed by atoms with van der Waals surface area (Å²) in [5, 5.41) is 49.2. The van der Waals surface area contributed by atoms with E-state index in [-0.39, 0.29) is 17.5 Å². The van der Waals surface area contributed by atoms with Crippen LogP contribution in [0.15, 0.2) is 6.33 Å². The number of aliphatic hydroxyl groups is 5. The van der Waals surface area contributed by atoms with Crippen molar-refractivity contribution in [3.8, 4) is 0 Å². The molecule has 226 valence electrons. The summed E-state index contributed by atoms with van der Waals surface area (Å²) in [6, 6.07) is 0. The van der Waals surface area contributed by atoms with Gasteiger partial charge in [-0.3, -0.25) is 18.2 Å². The molecule has 2 aromatic rings. The van der Waals surface area contributed by atoms with E-state index < -0.39 is 90.7 Å². The first-order valence-electron chi connectivity index (χ1n) is 10.6. The number of aldehydes is 1. The average Bonchev–Trinajstić information content (AvgIpc) is 3.40. The molecule has 3 heterocycles. The molecule has 3 rings (SSSR count). The number of anilines is 1. The van der Waals surface area contributed by atoms with Gasteiger partial charge in [0.25, 0.3) is 0 Å². The van der Waals surface area contributed by atoms with Crippen molar-refractivity contribution in [2.45, 2.75) is 42.9 Å². The van der Waals surface area contributed by atoms with E-state index in [4.69, 9.17) is 29.9 Å². The summed E-state index contributed by atoms with van der Waals surface area (Å²) in [5.74, 6) is -0.444. The van der Waals surface area contributed by atoms with Gasteiger partial charge in [0.2, 0.25) is 5.57 Å². The summed E-state index contributed by atoms with van der Waals surface area (Å²) >= 11 is 0. The Labute approximate surface area is 222 Å². The number of carbonyl (C=O) groups is 1. The Morgan fingerprint density at radius 2 is 1.77 bits per heavy atom. The maximum absolute atomic E-state index is 12.9. The van der Waals surface area contributed by atoms with Crippen molar-refractivity contribution >= 4 is 52.1 Å². The number of nitrogen functional groups attached to an aromatic ring is 1. The minimum atomic E-state index is -5.68. The second kappa shape index (κ2) is 12.2. The molecule has 1 saturated heterocycles. The highest BCUT2D eigenvalue weighted by Crippen LogP contribution is 2.62. The summed E-state index contributed by atoms with van der Waals surface area (Å²) in [4.78, 5) is 59.2. The number of nitrogens with two attached hydrogens (primary N) is 1. The number of rotatable bonds is 13. The van der Waals surface area contributed by atoms with Crippen molar-refractivity contribution in [1.29, 1.82) is 0 Å². The van der Waals surface area contributed by atoms with Crippen LogP contribution in [-0.2, 0) is 36.6 Å². The van der Waals surface area contributed by atoms with Gasteiger partial charge < -0.3 is 60.4 Å². The molecular formula is C15H24N5O17P3. The first-order valence-corrected chi connectivity index (χ1v) is 15.2. The number of imidazole rings is 1. The fraction of sp³-hybridized carbons (Fsp3) is 0.600. The molecule has 0 bridgehead atoms. The van der Waals surface area contributed by atoms with Gasteiger partial charge in [-0.05, 0) is 0 Å². The second-order valence-electron chi connectivity index (χ2n) is 8.09. The second-order valence-corrected chi connectivity index (χ2v) is 12.6. The van der Waals surface area contributed by atoms with E-state index in [9.17, 15) is 48.7 Å². The molecule has 0 aliphatic carbocycles. The van der Waals surface area contributed by atoms with E-state index in [1.165, 1.54) is 0 Å². The van der Waals surface area contributed by atoms with Crippen LogP contribution in [0.4, 0.5) is 5.82 Å². The van der Waals surface area contributed by atoms with Crippen molar-refractivity contribution in [3.63, 3.8) is 0 Å².